The van der Waals surface area contributed by atoms with Gasteiger partial charge in [-0.1, -0.05) is 42.5 Å². The zero-order chi connectivity index (χ0) is 25.7. The van der Waals surface area contributed by atoms with Crippen LogP contribution in [0.1, 0.15) is 35.4 Å². The van der Waals surface area contributed by atoms with Gasteiger partial charge in [0.1, 0.15) is 12.4 Å². The number of carbonyl (C=O) groups is 1. The highest BCUT2D eigenvalue weighted by molar-refractivity contribution is 6.07. The molecule has 3 aliphatic heterocycles. The number of hydrogen-bond donors (Lipinski definition) is 1. The summed E-state index contributed by atoms with van der Waals surface area (Å²) in [7, 11) is 1.50. The number of benzene rings is 3. The van der Waals surface area contributed by atoms with Crippen molar-refractivity contribution in [2.24, 2.45) is 0 Å². The average Bonchev–Trinajstić information content (AvgIpc) is 3.56. The smallest absolute Gasteiger partial charge is 0.256 e. The molecule has 37 heavy (non-hydrogen) atoms. The van der Waals surface area contributed by atoms with Crippen molar-refractivity contribution < 1.29 is 23.6 Å². The molecule has 190 valence electrons. The van der Waals surface area contributed by atoms with Crippen molar-refractivity contribution >= 4 is 11.6 Å². The molecule has 9 heteroatoms. The highest BCUT2D eigenvalue weighted by atomic mass is 19.1. The molecular weight excluding hydrogens is 477 g/mol. The highest BCUT2D eigenvalue weighted by Crippen LogP contribution is 2.58. The third-order valence-corrected chi connectivity index (χ3v) is 8.01. The fourth-order valence-corrected chi connectivity index (χ4v) is 6.56. The number of rotatable bonds is 6. The molecule has 1 amide bonds. The fraction of sp³-hybridized carbons (Fsp3) is 0.321. The van der Waals surface area contributed by atoms with Crippen LogP contribution in [0.3, 0.4) is 0 Å². The van der Waals surface area contributed by atoms with Gasteiger partial charge < -0.3 is 14.8 Å². The minimum atomic E-state index is -1.38. The first-order chi connectivity index (χ1) is 18.0. The summed E-state index contributed by atoms with van der Waals surface area (Å²) in [5.41, 5.74) is 1.03. The van der Waals surface area contributed by atoms with Gasteiger partial charge in [-0.2, -0.15) is 0 Å². The third-order valence-electron chi connectivity index (χ3n) is 8.01. The molecular formula is C28H26FN3O5. The van der Waals surface area contributed by atoms with E-state index in [-0.39, 0.29) is 29.3 Å². The van der Waals surface area contributed by atoms with E-state index < -0.39 is 17.5 Å². The number of nitro groups is 1. The van der Waals surface area contributed by atoms with Crippen LogP contribution in [0.15, 0.2) is 66.7 Å². The molecule has 3 heterocycles. The molecule has 2 saturated heterocycles. The largest absolute Gasteiger partial charge is 0.493 e. The maximum atomic E-state index is 14.1. The molecule has 1 N–H and O–H groups in total. The van der Waals surface area contributed by atoms with Gasteiger partial charge in [-0.05, 0) is 42.7 Å². The molecule has 4 atom stereocenters. The normalized spacial score (nSPS) is 26.1. The van der Waals surface area contributed by atoms with Gasteiger partial charge in [0.25, 0.3) is 11.9 Å². The van der Waals surface area contributed by atoms with Gasteiger partial charge in [0.2, 0.25) is 0 Å². The van der Waals surface area contributed by atoms with E-state index in [0.717, 1.165) is 12.8 Å². The number of nitrogens with one attached hydrogen (secondary N) is 1. The predicted molar refractivity (Wildman–Crippen MR) is 134 cm³/mol. The molecule has 3 aromatic carbocycles. The van der Waals surface area contributed by atoms with Crippen molar-refractivity contribution in [3.8, 4) is 11.5 Å². The molecule has 0 radical (unpaired) electrons. The first kappa shape index (κ1) is 23.4. The molecule has 0 bridgehead atoms. The number of anilines is 1. The summed E-state index contributed by atoms with van der Waals surface area (Å²) in [6, 6.07) is 17.5. The van der Waals surface area contributed by atoms with E-state index in [4.69, 9.17) is 9.47 Å². The number of fused-ring (bicyclic) bond motifs is 4. The Morgan fingerprint density at radius 2 is 1.92 bits per heavy atom. The van der Waals surface area contributed by atoms with E-state index in [0.29, 0.717) is 40.4 Å². The SMILES string of the molecule is COc1cc([C@@H]2[C@@H]3CCCN3[C@]3(C(=O)Nc4ccccc43)[C@@H]2[N+](=O)[O-])ccc1OCc1ccccc1F. The summed E-state index contributed by atoms with van der Waals surface area (Å²) >= 11 is 0. The van der Waals surface area contributed by atoms with E-state index in [1.807, 2.05) is 23.1 Å². The molecule has 1 spiro atoms. The monoisotopic (exact) mass is 503 g/mol. The molecule has 2 fully saturated rings. The number of carbonyl (C=O) groups excluding carboxylic acids is 1. The zero-order valence-electron chi connectivity index (χ0n) is 20.2. The molecule has 3 aliphatic rings. The van der Waals surface area contributed by atoms with Gasteiger partial charge in [-0.25, -0.2) is 4.39 Å². The Morgan fingerprint density at radius 3 is 2.70 bits per heavy atom. The highest BCUT2D eigenvalue weighted by Gasteiger charge is 2.73. The number of para-hydroxylation sites is 1. The van der Waals surface area contributed by atoms with Gasteiger partial charge in [-0.3, -0.25) is 19.8 Å². The Bertz CT molecular complexity index is 1400. The van der Waals surface area contributed by atoms with Crippen LogP contribution < -0.4 is 14.8 Å². The van der Waals surface area contributed by atoms with Crippen LogP contribution in [-0.2, 0) is 16.9 Å². The van der Waals surface area contributed by atoms with Crippen LogP contribution in [0.25, 0.3) is 0 Å². The maximum absolute atomic E-state index is 14.1. The van der Waals surface area contributed by atoms with Crippen molar-refractivity contribution in [1.29, 1.82) is 0 Å². The number of hydrogen-bond acceptors (Lipinski definition) is 6. The first-order valence-electron chi connectivity index (χ1n) is 12.3. The van der Waals surface area contributed by atoms with Crippen LogP contribution in [0.5, 0.6) is 11.5 Å². The van der Waals surface area contributed by atoms with Crippen molar-refractivity contribution in [3.05, 3.63) is 99.4 Å². The second-order valence-electron chi connectivity index (χ2n) is 9.72. The topological polar surface area (TPSA) is 93.9 Å². The van der Waals surface area contributed by atoms with E-state index in [2.05, 4.69) is 5.32 Å². The summed E-state index contributed by atoms with van der Waals surface area (Å²) < 4.78 is 25.5. The zero-order valence-corrected chi connectivity index (χ0v) is 20.2. The lowest BCUT2D eigenvalue weighted by atomic mass is 9.77. The van der Waals surface area contributed by atoms with E-state index >= 15 is 0 Å². The quantitative estimate of drug-likeness (QED) is 0.394. The lowest BCUT2D eigenvalue weighted by molar-refractivity contribution is -0.534. The molecule has 0 unspecified atom stereocenters. The summed E-state index contributed by atoms with van der Waals surface area (Å²) in [6.07, 6.45) is 1.60. The number of amides is 1. The molecule has 0 aliphatic carbocycles. The lowest BCUT2D eigenvalue weighted by Crippen LogP contribution is -2.55. The Balaban J connectivity index is 1.40. The first-order valence-corrected chi connectivity index (χ1v) is 12.3. The second-order valence-corrected chi connectivity index (χ2v) is 9.72. The average molecular weight is 504 g/mol. The van der Waals surface area contributed by atoms with Gasteiger partial charge in [0.05, 0.1) is 13.0 Å². The minimum Gasteiger partial charge on any atom is -0.493 e. The van der Waals surface area contributed by atoms with E-state index in [9.17, 15) is 19.3 Å². The van der Waals surface area contributed by atoms with Crippen LogP contribution in [0.2, 0.25) is 0 Å². The van der Waals surface area contributed by atoms with Crippen LogP contribution in [0, 0.1) is 15.9 Å². The molecule has 0 aromatic heterocycles. The molecule has 6 rings (SSSR count). The van der Waals surface area contributed by atoms with Gasteiger partial charge >= 0.3 is 0 Å². The van der Waals surface area contributed by atoms with Crippen LogP contribution in [-0.4, -0.2) is 41.5 Å². The van der Waals surface area contributed by atoms with E-state index in [1.165, 1.54) is 13.2 Å². The second kappa shape index (κ2) is 8.85. The summed E-state index contributed by atoms with van der Waals surface area (Å²) in [4.78, 5) is 28.1. The number of halogens is 1. The van der Waals surface area contributed by atoms with Crippen molar-refractivity contribution in [2.45, 2.75) is 43.0 Å². The Morgan fingerprint density at radius 1 is 1.14 bits per heavy atom. The van der Waals surface area contributed by atoms with Crippen LogP contribution >= 0.6 is 0 Å². The maximum Gasteiger partial charge on any atom is 0.256 e. The standard InChI is InChI=1S/C28H26FN3O5/c1-36-24-15-17(12-13-23(24)37-16-18-7-2-4-9-20(18)29)25-22-11-6-14-31(22)28(26(25)32(34)35)19-8-3-5-10-21(19)30-27(28)33/h2-5,7-10,12-13,15,22,25-26H,6,11,14,16H2,1H3,(H,30,33)/t22-,25+,26+,28-/m0/s1. The summed E-state index contributed by atoms with van der Waals surface area (Å²) in [5.74, 6) is -0.435. The Hall–Kier alpha value is -3.98. The van der Waals surface area contributed by atoms with Crippen molar-refractivity contribution in [3.63, 3.8) is 0 Å². The van der Waals surface area contributed by atoms with E-state index in [1.54, 1.807) is 42.5 Å². The predicted octanol–water partition coefficient (Wildman–Crippen LogP) is 4.47. The minimum absolute atomic E-state index is 0.0137. The molecule has 3 aromatic rings. The third kappa shape index (κ3) is 3.41. The van der Waals surface area contributed by atoms with Gasteiger partial charge in [0.15, 0.2) is 17.0 Å². The van der Waals surface area contributed by atoms with Crippen LogP contribution in [0.4, 0.5) is 10.1 Å². The summed E-state index contributed by atoms with van der Waals surface area (Å²) in [6.45, 7) is 0.619. The number of ether oxygens (including phenoxy) is 2. The fourth-order valence-electron chi connectivity index (χ4n) is 6.56. The lowest BCUT2D eigenvalue weighted by Gasteiger charge is -2.32. The molecule has 8 nitrogen and oxygen atoms in total. The van der Waals surface area contributed by atoms with Gasteiger partial charge in [-0.15, -0.1) is 0 Å². The Kier molecular flexibility index (Phi) is 5.60. The molecule has 0 saturated carbocycles. The van der Waals surface area contributed by atoms with Crippen molar-refractivity contribution in [1.82, 2.24) is 4.90 Å². The van der Waals surface area contributed by atoms with Crippen molar-refractivity contribution in [2.75, 3.05) is 19.0 Å². The number of nitrogens with zero attached hydrogens (tertiary/aromatic N) is 2. The van der Waals surface area contributed by atoms with Gasteiger partial charge in [0, 0.05) is 34.3 Å². The Labute approximate surface area is 213 Å². The number of methoxy groups -OCH3 is 1. The summed E-state index contributed by atoms with van der Waals surface area (Å²) in [5, 5.41) is 15.7.